The average Bonchev–Trinajstić information content (AvgIpc) is 3.08. The maximum Gasteiger partial charge on any atom is 0.338 e. The highest BCUT2D eigenvalue weighted by Gasteiger charge is 2.18. The van der Waals surface area contributed by atoms with Gasteiger partial charge in [-0.3, -0.25) is 15.4 Å². The normalized spacial score (nSPS) is 11.1. The molecule has 0 saturated heterocycles. The molecule has 2 N–H and O–H groups in total. The third kappa shape index (κ3) is 6.20. The summed E-state index contributed by atoms with van der Waals surface area (Å²) >= 11 is 0. The average molecular weight is 421 g/mol. The van der Waals surface area contributed by atoms with E-state index in [1.165, 1.54) is 0 Å². The van der Waals surface area contributed by atoms with Crippen molar-refractivity contribution in [3.05, 3.63) is 83.6 Å². The van der Waals surface area contributed by atoms with Crippen molar-refractivity contribution in [2.24, 2.45) is 0 Å². The van der Waals surface area contributed by atoms with Crippen LogP contribution in [0, 0.1) is 6.92 Å². The minimum absolute atomic E-state index is 0.277. The number of aromatic nitrogens is 2. The summed E-state index contributed by atoms with van der Waals surface area (Å²) in [5.41, 5.74) is 5.71. The fourth-order valence-corrected chi connectivity index (χ4v) is 2.77. The summed E-state index contributed by atoms with van der Waals surface area (Å²) < 4.78 is 11.2. The van der Waals surface area contributed by atoms with Gasteiger partial charge in [-0.25, -0.2) is 4.79 Å². The number of aryl methyl sites for hydroxylation is 1. The summed E-state index contributed by atoms with van der Waals surface area (Å²) in [4.78, 5) is 17.7. The number of nitrogens with zero attached hydrogens (tertiary/aromatic N) is 1. The maximum absolute atomic E-state index is 12.1. The van der Waals surface area contributed by atoms with E-state index in [2.05, 4.69) is 22.3 Å². The second-order valence-corrected chi connectivity index (χ2v) is 8.01. The van der Waals surface area contributed by atoms with Crippen LogP contribution >= 0.6 is 0 Å². The molecule has 0 amide bonds. The SMILES string of the molecule is C=C(NOCc1ccc(C(=O)OC(C)(C)C)cc1)c1c(Oc2ccccc2)n[nH]c1C. The smallest absolute Gasteiger partial charge is 0.338 e. The quantitative estimate of drug-likeness (QED) is 0.386. The number of hydrogen-bond acceptors (Lipinski definition) is 6. The van der Waals surface area contributed by atoms with Crippen molar-refractivity contribution in [1.82, 2.24) is 15.7 Å². The number of H-pyrrole nitrogens is 1. The van der Waals surface area contributed by atoms with E-state index in [0.717, 1.165) is 11.3 Å². The van der Waals surface area contributed by atoms with Gasteiger partial charge in [0.15, 0.2) is 0 Å². The Hall–Kier alpha value is -3.58. The van der Waals surface area contributed by atoms with E-state index < -0.39 is 5.60 Å². The number of esters is 1. The molecule has 31 heavy (non-hydrogen) atoms. The Morgan fingerprint density at radius 2 is 1.77 bits per heavy atom. The number of hydroxylamine groups is 1. The first kappa shape index (κ1) is 22.1. The molecule has 3 rings (SSSR count). The van der Waals surface area contributed by atoms with Crippen molar-refractivity contribution < 1.29 is 19.1 Å². The van der Waals surface area contributed by atoms with Gasteiger partial charge in [-0.2, -0.15) is 0 Å². The number of ether oxygens (including phenoxy) is 2. The lowest BCUT2D eigenvalue weighted by Crippen LogP contribution is -2.23. The minimum atomic E-state index is -0.530. The second kappa shape index (κ2) is 9.49. The molecule has 0 spiro atoms. The number of para-hydroxylation sites is 1. The first-order chi connectivity index (χ1) is 14.7. The predicted molar refractivity (Wildman–Crippen MR) is 118 cm³/mol. The molecule has 3 aromatic rings. The van der Waals surface area contributed by atoms with Gasteiger partial charge in [-0.15, -0.1) is 5.10 Å². The van der Waals surface area contributed by atoms with Crippen molar-refractivity contribution in [2.45, 2.75) is 39.9 Å². The van der Waals surface area contributed by atoms with E-state index in [1.807, 2.05) is 70.2 Å². The number of rotatable bonds is 8. The Morgan fingerprint density at radius 3 is 2.42 bits per heavy atom. The summed E-state index contributed by atoms with van der Waals surface area (Å²) in [5, 5.41) is 7.11. The number of hydrogen-bond donors (Lipinski definition) is 2. The Bertz CT molecular complexity index is 1030. The molecule has 0 radical (unpaired) electrons. The zero-order valence-corrected chi connectivity index (χ0v) is 18.2. The van der Waals surface area contributed by atoms with Gasteiger partial charge in [-0.1, -0.05) is 36.9 Å². The van der Waals surface area contributed by atoms with Crippen LogP contribution in [0.3, 0.4) is 0 Å². The van der Waals surface area contributed by atoms with Crippen LogP contribution < -0.4 is 10.2 Å². The standard InChI is InChI=1S/C24H27N3O4/c1-16-21(22(26-25-16)30-20-9-7-6-8-10-20)17(2)27-29-15-18-11-13-19(14-12-18)23(28)31-24(3,4)5/h6-14,27H,2,15H2,1,3-5H3,(H,25,26). The van der Waals surface area contributed by atoms with E-state index in [1.54, 1.807) is 12.1 Å². The van der Waals surface area contributed by atoms with Gasteiger partial charge < -0.3 is 9.47 Å². The summed E-state index contributed by atoms with van der Waals surface area (Å²) in [6.07, 6.45) is 0. The zero-order chi connectivity index (χ0) is 22.4. The van der Waals surface area contributed by atoms with E-state index in [0.29, 0.717) is 28.5 Å². The largest absolute Gasteiger partial charge is 0.456 e. The molecule has 0 aliphatic rings. The van der Waals surface area contributed by atoms with Gasteiger partial charge in [0.25, 0.3) is 0 Å². The molecule has 162 valence electrons. The van der Waals surface area contributed by atoms with Gasteiger partial charge >= 0.3 is 5.97 Å². The third-order valence-electron chi connectivity index (χ3n) is 4.20. The molecular formula is C24H27N3O4. The third-order valence-corrected chi connectivity index (χ3v) is 4.20. The van der Waals surface area contributed by atoms with Crippen LogP contribution in [0.2, 0.25) is 0 Å². The van der Waals surface area contributed by atoms with Gasteiger partial charge in [-0.05, 0) is 57.5 Å². The number of carbonyl (C=O) groups excluding carboxylic acids is 1. The molecule has 0 fully saturated rings. The van der Waals surface area contributed by atoms with Gasteiger partial charge in [0.05, 0.1) is 23.4 Å². The van der Waals surface area contributed by atoms with Crippen LogP contribution in [0.15, 0.2) is 61.2 Å². The molecule has 0 aliphatic heterocycles. The highest BCUT2D eigenvalue weighted by molar-refractivity contribution is 5.89. The van der Waals surface area contributed by atoms with Gasteiger partial charge in [0, 0.05) is 5.69 Å². The number of aromatic amines is 1. The topological polar surface area (TPSA) is 85.5 Å². The first-order valence-electron chi connectivity index (χ1n) is 9.90. The molecule has 0 unspecified atom stereocenters. The molecule has 7 nitrogen and oxygen atoms in total. The maximum atomic E-state index is 12.1. The Labute approximate surface area is 182 Å². The predicted octanol–water partition coefficient (Wildman–Crippen LogP) is 5.16. The van der Waals surface area contributed by atoms with Crippen LogP contribution in [-0.4, -0.2) is 21.8 Å². The van der Waals surface area contributed by atoms with E-state index in [4.69, 9.17) is 14.3 Å². The second-order valence-electron chi connectivity index (χ2n) is 8.01. The fourth-order valence-electron chi connectivity index (χ4n) is 2.77. The molecule has 7 heteroatoms. The van der Waals surface area contributed by atoms with Crippen LogP contribution in [0.25, 0.3) is 5.70 Å². The van der Waals surface area contributed by atoms with Crippen LogP contribution in [-0.2, 0) is 16.2 Å². The number of benzene rings is 2. The summed E-state index contributed by atoms with van der Waals surface area (Å²) in [5.74, 6) is 0.730. The lowest BCUT2D eigenvalue weighted by molar-refractivity contribution is 0.00693. The highest BCUT2D eigenvalue weighted by atomic mass is 16.6. The molecule has 0 atom stereocenters. The Balaban J connectivity index is 1.56. The Kier molecular flexibility index (Phi) is 6.77. The number of carbonyl (C=O) groups is 1. The summed E-state index contributed by atoms with van der Waals surface area (Å²) in [6, 6.07) is 16.5. The van der Waals surface area contributed by atoms with Gasteiger partial charge in [0.2, 0.25) is 5.88 Å². The molecule has 0 saturated carbocycles. The molecule has 0 bridgehead atoms. The highest BCUT2D eigenvalue weighted by Crippen LogP contribution is 2.28. The fraction of sp³-hybridized carbons (Fsp3) is 0.250. The zero-order valence-electron chi connectivity index (χ0n) is 18.2. The van der Waals surface area contributed by atoms with Crippen LogP contribution in [0.5, 0.6) is 11.6 Å². The first-order valence-corrected chi connectivity index (χ1v) is 9.90. The van der Waals surface area contributed by atoms with Crippen molar-refractivity contribution in [1.29, 1.82) is 0 Å². The molecule has 2 aromatic carbocycles. The minimum Gasteiger partial charge on any atom is -0.456 e. The van der Waals surface area contributed by atoms with Crippen molar-refractivity contribution >= 4 is 11.7 Å². The molecular weight excluding hydrogens is 394 g/mol. The van der Waals surface area contributed by atoms with Crippen molar-refractivity contribution in [3.63, 3.8) is 0 Å². The van der Waals surface area contributed by atoms with E-state index in [-0.39, 0.29) is 12.6 Å². The summed E-state index contributed by atoms with van der Waals surface area (Å²) in [7, 11) is 0. The van der Waals surface area contributed by atoms with Crippen LogP contribution in [0.1, 0.15) is 48.0 Å². The number of nitrogens with one attached hydrogen (secondary N) is 2. The van der Waals surface area contributed by atoms with Crippen molar-refractivity contribution in [3.8, 4) is 11.6 Å². The lowest BCUT2D eigenvalue weighted by atomic mass is 10.1. The van der Waals surface area contributed by atoms with E-state index >= 15 is 0 Å². The lowest BCUT2D eigenvalue weighted by Gasteiger charge is -2.19. The molecule has 1 aromatic heterocycles. The van der Waals surface area contributed by atoms with Gasteiger partial charge in [0.1, 0.15) is 11.4 Å². The summed E-state index contributed by atoms with van der Waals surface area (Å²) in [6.45, 7) is 11.7. The Morgan fingerprint density at radius 1 is 1.10 bits per heavy atom. The van der Waals surface area contributed by atoms with E-state index in [9.17, 15) is 4.79 Å². The van der Waals surface area contributed by atoms with Crippen molar-refractivity contribution in [2.75, 3.05) is 0 Å². The van der Waals surface area contributed by atoms with Crippen LogP contribution in [0.4, 0.5) is 0 Å². The molecule has 1 heterocycles. The molecule has 0 aliphatic carbocycles. The monoisotopic (exact) mass is 421 g/mol.